The Hall–Kier alpha value is -2.66. The number of anilines is 1. The first-order chi connectivity index (χ1) is 16.3. The molecule has 1 aliphatic carbocycles. The predicted octanol–water partition coefficient (Wildman–Crippen LogP) is 5.08. The molecule has 2 heterocycles. The number of amides is 1. The lowest BCUT2D eigenvalue weighted by Gasteiger charge is -2.20. The van der Waals surface area contributed by atoms with E-state index in [1.54, 1.807) is 30.3 Å². The van der Waals surface area contributed by atoms with Gasteiger partial charge in [0.2, 0.25) is 10.0 Å². The highest BCUT2D eigenvalue weighted by molar-refractivity contribution is 9.10. The number of halogens is 1. The zero-order chi connectivity index (χ0) is 23.9. The zero-order valence-corrected chi connectivity index (χ0v) is 21.5. The molecule has 0 spiro atoms. The third kappa shape index (κ3) is 4.63. The number of aromatic nitrogens is 2. The molecule has 174 valence electrons. The van der Waals surface area contributed by atoms with Crippen LogP contribution in [0.4, 0.5) is 5.13 Å². The van der Waals surface area contributed by atoms with Gasteiger partial charge in [-0.1, -0.05) is 33.3 Å². The Balaban J connectivity index is 1.48. The van der Waals surface area contributed by atoms with Gasteiger partial charge in [-0.2, -0.15) is 4.31 Å². The van der Waals surface area contributed by atoms with Crippen LogP contribution in [0.1, 0.15) is 28.9 Å². The maximum atomic E-state index is 13.6. The van der Waals surface area contributed by atoms with Crippen molar-refractivity contribution in [3.05, 3.63) is 82.6 Å². The molecular weight excluding hydrogens is 536 g/mol. The normalized spacial score (nSPS) is 14.0. The fraction of sp³-hybridized carbons (Fsp3) is 0.208. The van der Waals surface area contributed by atoms with Crippen LogP contribution in [-0.4, -0.2) is 41.7 Å². The number of fused-ring (bicyclic) bond motifs is 1. The van der Waals surface area contributed by atoms with Crippen LogP contribution in [0.25, 0.3) is 10.2 Å². The second-order valence-electron chi connectivity index (χ2n) is 8.10. The first kappa shape index (κ1) is 23.1. The van der Waals surface area contributed by atoms with Gasteiger partial charge in [-0.05, 0) is 67.4 Å². The number of pyridine rings is 1. The van der Waals surface area contributed by atoms with Crippen molar-refractivity contribution in [3.63, 3.8) is 0 Å². The molecule has 0 bridgehead atoms. The number of benzene rings is 2. The highest BCUT2D eigenvalue weighted by Crippen LogP contribution is 2.33. The summed E-state index contributed by atoms with van der Waals surface area (Å²) >= 11 is 4.90. The summed E-state index contributed by atoms with van der Waals surface area (Å²) in [5, 5.41) is 0.550. The van der Waals surface area contributed by atoms with Gasteiger partial charge in [-0.3, -0.25) is 14.7 Å². The smallest absolute Gasteiger partial charge is 0.260 e. The molecule has 0 saturated heterocycles. The van der Waals surface area contributed by atoms with Gasteiger partial charge < -0.3 is 0 Å². The number of carbonyl (C=O) groups is 1. The molecule has 4 aromatic rings. The molecule has 1 fully saturated rings. The SMILES string of the molecule is CN(C1CC1)S(=O)(=O)c1ccc(C(=O)N(Cc2ccccn2)c2nc3ccc(Br)cc3s2)cc1. The van der Waals surface area contributed by atoms with Crippen LogP contribution in [0.2, 0.25) is 0 Å². The minimum Gasteiger partial charge on any atom is -0.278 e. The number of hydrogen-bond donors (Lipinski definition) is 0. The van der Waals surface area contributed by atoms with Crippen LogP contribution in [0.15, 0.2) is 76.2 Å². The average Bonchev–Trinajstić information content (AvgIpc) is 3.61. The first-order valence-corrected chi connectivity index (χ1v) is 13.7. The summed E-state index contributed by atoms with van der Waals surface area (Å²) in [5.74, 6) is -0.275. The summed E-state index contributed by atoms with van der Waals surface area (Å²) in [7, 11) is -1.97. The molecule has 0 atom stereocenters. The summed E-state index contributed by atoms with van der Waals surface area (Å²) in [5.41, 5.74) is 1.90. The van der Waals surface area contributed by atoms with Gasteiger partial charge in [-0.15, -0.1) is 0 Å². The molecule has 34 heavy (non-hydrogen) atoms. The van der Waals surface area contributed by atoms with E-state index >= 15 is 0 Å². The fourth-order valence-electron chi connectivity index (χ4n) is 3.61. The van der Waals surface area contributed by atoms with E-state index in [1.165, 1.54) is 27.8 Å². The third-order valence-corrected chi connectivity index (χ3v) is 9.16. The van der Waals surface area contributed by atoms with Gasteiger partial charge in [-0.25, -0.2) is 13.4 Å². The minimum atomic E-state index is -3.58. The number of rotatable bonds is 7. The van der Waals surface area contributed by atoms with E-state index in [-0.39, 0.29) is 23.4 Å². The van der Waals surface area contributed by atoms with Crippen molar-refractivity contribution in [1.29, 1.82) is 0 Å². The predicted molar refractivity (Wildman–Crippen MR) is 136 cm³/mol. The minimum absolute atomic E-state index is 0.0687. The Bertz CT molecular complexity index is 1450. The van der Waals surface area contributed by atoms with Gasteiger partial charge in [0, 0.05) is 29.3 Å². The largest absolute Gasteiger partial charge is 0.278 e. The van der Waals surface area contributed by atoms with Crippen molar-refractivity contribution < 1.29 is 13.2 Å². The molecule has 10 heteroatoms. The molecule has 0 radical (unpaired) electrons. The molecule has 7 nitrogen and oxygen atoms in total. The summed E-state index contributed by atoms with van der Waals surface area (Å²) in [6.45, 7) is 0.241. The van der Waals surface area contributed by atoms with Crippen LogP contribution in [-0.2, 0) is 16.6 Å². The highest BCUT2D eigenvalue weighted by Gasteiger charge is 2.35. The van der Waals surface area contributed by atoms with Gasteiger partial charge in [0.25, 0.3) is 5.91 Å². The quantitative estimate of drug-likeness (QED) is 0.317. The fourth-order valence-corrected chi connectivity index (χ4v) is 6.54. The van der Waals surface area contributed by atoms with Crippen LogP contribution in [0, 0.1) is 0 Å². The summed E-state index contributed by atoms with van der Waals surface area (Å²) < 4.78 is 29.0. The van der Waals surface area contributed by atoms with Gasteiger partial charge >= 0.3 is 0 Å². The van der Waals surface area contributed by atoms with Crippen LogP contribution in [0.5, 0.6) is 0 Å². The van der Waals surface area contributed by atoms with Gasteiger partial charge in [0.1, 0.15) is 0 Å². The van der Waals surface area contributed by atoms with E-state index in [1.807, 2.05) is 36.4 Å². The monoisotopic (exact) mass is 556 g/mol. The molecule has 0 aliphatic heterocycles. The van der Waals surface area contributed by atoms with Crippen LogP contribution < -0.4 is 4.90 Å². The molecule has 2 aromatic carbocycles. The number of nitrogens with zero attached hydrogens (tertiary/aromatic N) is 4. The Kier molecular flexibility index (Phi) is 6.24. The Labute approximate surface area is 210 Å². The standard InChI is InChI=1S/C24H21BrN4O3S2/c1-28(19-8-9-19)34(31,32)20-10-5-16(6-11-20)23(30)29(15-18-4-2-3-13-26-18)24-27-21-12-7-17(25)14-22(21)33-24/h2-7,10-14,19H,8-9,15H2,1H3. The van der Waals surface area contributed by atoms with E-state index in [0.29, 0.717) is 10.7 Å². The summed E-state index contributed by atoms with van der Waals surface area (Å²) in [6, 6.07) is 17.5. The Morgan fingerprint density at radius 2 is 1.88 bits per heavy atom. The molecule has 1 amide bonds. The molecule has 5 rings (SSSR count). The molecular formula is C24H21BrN4O3S2. The number of sulfonamides is 1. The topological polar surface area (TPSA) is 83.5 Å². The lowest BCUT2D eigenvalue weighted by Crippen LogP contribution is -2.31. The number of carbonyl (C=O) groups excluding carboxylic acids is 1. The van der Waals surface area contributed by atoms with Crippen molar-refractivity contribution >= 4 is 58.5 Å². The van der Waals surface area contributed by atoms with Crippen molar-refractivity contribution in [2.24, 2.45) is 0 Å². The second-order valence-corrected chi connectivity index (χ2v) is 12.0. The van der Waals surface area contributed by atoms with Crippen LogP contribution >= 0.6 is 27.3 Å². The van der Waals surface area contributed by atoms with Crippen molar-refractivity contribution in [3.8, 4) is 0 Å². The summed E-state index contributed by atoms with van der Waals surface area (Å²) in [4.78, 5) is 24.4. The molecule has 0 unspecified atom stereocenters. The van der Waals surface area contributed by atoms with E-state index < -0.39 is 10.0 Å². The van der Waals surface area contributed by atoms with E-state index in [9.17, 15) is 13.2 Å². The lowest BCUT2D eigenvalue weighted by molar-refractivity contribution is 0.0984. The summed E-state index contributed by atoms with van der Waals surface area (Å²) in [6.07, 6.45) is 3.45. The van der Waals surface area contributed by atoms with Gasteiger partial charge in [0.05, 0.1) is 27.4 Å². The van der Waals surface area contributed by atoms with Gasteiger partial charge in [0.15, 0.2) is 5.13 Å². The first-order valence-electron chi connectivity index (χ1n) is 10.7. The lowest BCUT2D eigenvalue weighted by atomic mass is 10.2. The maximum Gasteiger partial charge on any atom is 0.260 e. The van der Waals surface area contributed by atoms with Crippen LogP contribution in [0.3, 0.4) is 0 Å². The zero-order valence-electron chi connectivity index (χ0n) is 18.3. The molecule has 2 aromatic heterocycles. The van der Waals surface area contributed by atoms with Crippen molar-refractivity contribution in [2.75, 3.05) is 11.9 Å². The third-order valence-electron chi connectivity index (χ3n) is 5.70. The van der Waals surface area contributed by atoms with E-state index in [4.69, 9.17) is 0 Å². The average molecular weight is 557 g/mol. The Morgan fingerprint density at radius 1 is 1.12 bits per heavy atom. The second kappa shape index (κ2) is 9.18. The molecule has 1 saturated carbocycles. The maximum absolute atomic E-state index is 13.6. The van der Waals surface area contributed by atoms with E-state index in [2.05, 4.69) is 25.9 Å². The van der Waals surface area contributed by atoms with Crippen molar-refractivity contribution in [2.45, 2.75) is 30.3 Å². The number of hydrogen-bond acceptors (Lipinski definition) is 6. The number of thiazole rings is 1. The Morgan fingerprint density at radius 3 is 2.56 bits per heavy atom. The highest BCUT2D eigenvalue weighted by atomic mass is 79.9. The van der Waals surface area contributed by atoms with Crippen molar-refractivity contribution in [1.82, 2.24) is 14.3 Å². The molecule has 1 aliphatic rings. The molecule has 0 N–H and O–H groups in total. The van der Waals surface area contributed by atoms with E-state index in [0.717, 1.165) is 33.2 Å².